The summed E-state index contributed by atoms with van der Waals surface area (Å²) in [5, 5.41) is 2.58. The highest BCUT2D eigenvalue weighted by Gasteiger charge is 2.12. The van der Waals surface area contributed by atoms with E-state index in [1.807, 2.05) is 12.1 Å². The third-order valence-electron chi connectivity index (χ3n) is 2.81. The molecule has 1 amide bonds. The van der Waals surface area contributed by atoms with Gasteiger partial charge in [-0.25, -0.2) is 4.79 Å². The van der Waals surface area contributed by atoms with E-state index < -0.39 is 11.9 Å². The molecule has 0 spiro atoms. The predicted octanol–water partition coefficient (Wildman–Crippen LogP) is 1.64. The van der Waals surface area contributed by atoms with E-state index >= 15 is 0 Å². The molecular formula is C16H17NO6. The van der Waals surface area contributed by atoms with Crippen molar-refractivity contribution in [2.75, 3.05) is 26.9 Å². The molecule has 23 heavy (non-hydrogen) atoms. The second-order valence-corrected chi connectivity index (χ2v) is 4.40. The Bertz CT molecular complexity index is 638. The molecule has 1 N–H and O–H groups in total. The van der Waals surface area contributed by atoms with Crippen LogP contribution in [0.3, 0.4) is 0 Å². The van der Waals surface area contributed by atoms with Crippen LogP contribution in [0.25, 0.3) is 0 Å². The van der Waals surface area contributed by atoms with Crippen molar-refractivity contribution < 1.29 is 28.2 Å². The number of hydrogen-bond acceptors (Lipinski definition) is 6. The quantitative estimate of drug-likeness (QED) is 0.588. The van der Waals surface area contributed by atoms with Gasteiger partial charge < -0.3 is 23.9 Å². The fraction of sp³-hybridized carbons (Fsp3) is 0.250. The monoisotopic (exact) mass is 319 g/mol. The van der Waals surface area contributed by atoms with E-state index in [4.69, 9.17) is 18.6 Å². The Kier molecular flexibility index (Phi) is 6.05. The van der Waals surface area contributed by atoms with E-state index in [1.54, 1.807) is 25.3 Å². The van der Waals surface area contributed by atoms with Gasteiger partial charge in [-0.15, -0.1) is 0 Å². The molecule has 122 valence electrons. The maximum Gasteiger partial charge on any atom is 0.374 e. The van der Waals surface area contributed by atoms with Crippen molar-refractivity contribution in [1.29, 1.82) is 0 Å². The van der Waals surface area contributed by atoms with Crippen molar-refractivity contribution in [3.05, 3.63) is 48.4 Å². The van der Waals surface area contributed by atoms with E-state index in [-0.39, 0.29) is 25.5 Å². The molecule has 0 radical (unpaired) electrons. The fourth-order valence-electron chi connectivity index (χ4n) is 1.74. The lowest BCUT2D eigenvalue weighted by atomic mass is 10.3. The molecule has 7 nitrogen and oxygen atoms in total. The van der Waals surface area contributed by atoms with Gasteiger partial charge >= 0.3 is 5.97 Å². The van der Waals surface area contributed by atoms with Crippen LogP contribution in [0.1, 0.15) is 10.6 Å². The van der Waals surface area contributed by atoms with Crippen LogP contribution >= 0.6 is 0 Å². The zero-order valence-corrected chi connectivity index (χ0v) is 12.6. The first-order chi connectivity index (χ1) is 11.2. The number of esters is 1. The molecular weight excluding hydrogens is 302 g/mol. The number of rotatable bonds is 8. The summed E-state index contributed by atoms with van der Waals surface area (Å²) in [5.74, 6) is 0.154. The summed E-state index contributed by atoms with van der Waals surface area (Å²) in [6, 6.07) is 10.2. The molecule has 2 aromatic rings. The fourth-order valence-corrected chi connectivity index (χ4v) is 1.74. The summed E-state index contributed by atoms with van der Waals surface area (Å²) < 4.78 is 20.3. The number of furan rings is 1. The van der Waals surface area contributed by atoms with Gasteiger partial charge in [-0.2, -0.15) is 0 Å². The molecule has 0 bridgehead atoms. The lowest BCUT2D eigenvalue weighted by Crippen LogP contribution is -2.32. The zero-order valence-electron chi connectivity index (χ0n) is 12.6. The van der Waals surface area contributed by atoms with Crippen molar-refractivity contribution in [3.63, 3.8) is 0 Å². The minimum atomic E-state index is -0.685. The topological polar surface area (TPSA) is 87.0 Å². The van der Waals surface area contributed by atoms with Crippen LogP contribution in [0.2, 0.25) is 0 Å². The zero-order chi connectivity index (χ0) is 16.5. The molecule has 0 aliphatic heterocycles. The molecule has 0 aliphatic rings. The molecule has 1 aromatic heterocycles. The lowest BCUT2D eigenvalue weighted by molar-refractivity contribution is -0.124. The largest absolute Gasteiger partial charge is 0.493 e. The third-order valence-corrected chi connectivity index (χ3v) is 2.81. The summed E-state index contributed by atoms with van der Waals surface area (Å²) >= 11 is 0. The molecule has 1 heterocycles. The Labute approximate surface area is 133 Å². The Morgan fingerprint density at radius 2 is 1.91 bits per heavy atom. The van der Waals surface area contributed by atoms with E-state index in [1.165, 1.54) is 12.3 Å². The number of nitrogens with one attached hydrogen (secondary N) is 1. The molecule has 0 unspecified atom stereocenters. The number of amides is 1. The summed E-state index contributed by atoms with van der Waals surface area (Å²) in [6.07, 6.45) is 1.35. The Morgan fingerprint density at radius 1 is 1.13 bits per heavy atom. The third kappa shape index (κ3) is 5.06. The lowest BCUT2D eigenvalue weighted by Gasteiger charge is -2.10. The average molecular weight is 319 g/mol. The van der Waals surface area contributed by atoms with Gasteiger partial charge in [0.05, 0.1) is 19.9 Å². The van der Waals surface area contributed by atoms with Gasteiger partial charge in [0.1, 0.15) is 6.61 Å². The van der Waals surface area contributed by atoms with Crippen molar-refractivity contribution in [1.82, 2.24) is 5.32 Å². The second-order valence-electron chi connectivity index (χ2n) is 4.40. The second kappa shape index (κ2) is 8.47. The van der Waals surface area contributed by atoms with Crippen LogP contribution in [0.4, 0.5) is 0 Å². The minimum Gasteiger partial charge on any atom is -0.493 e. The summed E-state index contributed by atoms with van der Waals surface area (Å²) in [4.78, 5) is 23.0. The van der Waals surface area contributed by atoms with Crippen LogP contribution in [-0.4, -0.2) is 38.7 Å². The molecule has 1 aromatic carbocycles. The van der Waals surface area contributed by atoms with Crippen LogP contribution < -0.4 is 14.8 Å². The van der Waals surface area contributed by atoms with E-state index in [0.717, 1.165) is 0 Å². The van der Waals surface area contributed by atoms with Crippen LogP contribution in [0, 0.1) is 0 Å². The van der Waals surface area contributed by atoms with Gasteiger partial charge in [0.15, 0.2) is 18.1 Å². The van der Waals surface area contributed by atoms with Gasteiger partial charge in [0, 0.05) is 0 Å². The van der Waals surface area contributed by atoms with Crippen molar-refractivity contribution in [2.24, 2.45) is 0 Å². The highest BCUT2D eigenvalue weighted by atomic mass is 16.5. The van der Waals surface area contributed by atoms with Gasteiger partial charge in [0.2, 0.25) is 5.76 Å². The summed E-state index contributed by atoms with van der Waals surface area (Å²) in [7, 11) is 1.55. The summed E-state index contributed by atoms with van der Waals surface area (Å²) in [5.41, 5.74) is 0. The molecule has 2 rings (SSSR count). The highest BCUT2D eigenvalue weighted by Crippen LogP contribution is 2.25. The van der Waals surface area contributed by atoms with E-state index in [2.05, 4.69) is 5.32 Å². The van der Waals surface area contributed by atoms with Gasteiger partial charge in [-0.1, -0.05) is 12.1 Å². The predicted molar refractivity (Wildman–Crippen MR) is 80.5 cm³/mol. The number of ether oxygens (including phenoxy) is 3. The van der Waals surface area contributed by atoms with Gasteiger partial charge in [-0.05, 0) is 24.3 Å². The SMILES string of the molecule is COc1ccccc1OCCNC(=O)COC(=O)c1ccco1. The number of para-hydroxylation sites is 2. The highest BCUT2D eigenvalue weighted by molar-refractivity contribution is 5.88. The van der Waals surface area contributed by atoms with E-state index in [0.29, 0.717) is 11.5 Å². The maximum absolute atomic E-state index is 11.6. The Balaban J connectivity index is 1.64. The van der Waals surface area contributed by atoms with Crippen molar-refractivity contribution >= 4 is 11.9 Å². The molecule has 7 heteroatoms. The molecule has 0 atom stereocenters. The van der Waals surface area contributed by atoms with Crippen molar-refractivity contribution in [2.45, 2.75) is 0 Å². The summed E-state index contributed by atoms with van der Waals surface area (Å²) in [6.45, 7) is 0.154. The average Bonchev–Trinajstić information content (AvgIpc) is 3.11. The van der Waals surface area contributed by atoms with Crippen LogP contribution in [0.5, 0.6) is 11.5 Å². The maximum atomic E-state index is 11.6. The molecule has 0 saturated heterocycles. The number of carbonyl (C=O) groups is 2. The number of methoxy groups -OCH3 is 1. The smallest absolute Gasteiger partial charge is 0.374 e. The molecule has 0 fully saturated rings. The normalized spacial score (nSPS) is 9.96. The van der Waals surface area contributed by atoms with Gasteiger partial charge in [-0.3, -0.25) is 4.79 Å². The first-order valence-corrected chi connectivity index (χ1v) is 6.94. The van der Waals surface area contributed by atoms with Crippen LogP contribution in [0.15, 0.2) is 47.1 Å². The Morgan fingerprint density at radius 3 is 2.61 bits per heavy atom. The van der Waals surface area contributed by atoms with Gasteiger partial charge in [0.25, 0.3) is 5.91 Å². The van der Waals surface area contributed by atoms with Crippen molar-refractivity contribution in [3.8, 4) is 11.5 Å². The first-order valence-electron chi connectivity index (χ1n) is 6.94. The Hall–Kier alpha value is -2.96. The number of hydrogen-bond donors (Lipinski definition) is 1. The first kappa shape index (κ1) is 16.4. The minimum absolute atomic E-state index is 0.0531. The molecule has 0 saturated carbocycles. The molecule has 0 aliphatic carbocycles. The standard InChI is InChI=1S/C16H17NO6/c1-20-12-5-2-3-6-13(12)22-10-8-17-15(18)11-23-16(19)14-7-4-9-21-14/h2-7,9H,8,10-11H2,1H3,(H,17,18). The number of benzene rings is 1. The number of carbonyl (C=O) groups excluding carboxylic acids is 2. The van der Waals surface area contributed by atoms with E-state index in [9.17, 15) is 9.59 Å². The van der Waals surface area contributed by atoms with Crippen LogP contribution in [-0.2, 0) is 9.53 Å².